The number of amides is 2. The second-order valence-corrected chi connectivity index (χ2v) is 8.68. The van der Waals surface area contributed by atoms with Gasteiger partial charge in [0.15, 0.2) is 0 Å². The van der Waals surface area contributed by atoms with E-state index in [0.29, 0.717) is 39.1 Å². The molecule has 1 N–H and O–H groups in total. The molecule has 0 radical (unpaired) electrons. The predicted molar refractivity (Wildman–Crippen MR) is 100.0 cm³/mol. The van der Waals surface area contributed by atoms with Gasteiger partial charge in [-0.25, -0.2) is 0 Å². The van der Waals surface area contributed by atoms with Crippen LogP contribution in [0, 0.1) is 12.3 Å². The number of carbonyl (C=O) groups excluding carboxylic acids is 2. The number of halogens is 2. The zero-order valence-corrected chi connectivity index (χ0v) is 16.0. The third-order valence-corrected chi connectivity index (χ3v) is 6.19. The van der Waals surface area contributed by atoms with Crippen molar-refractivity contribution in [1.29, 1.82) is 0 Å². The minimum Gasteiger partial charge on any atom is -0.340 e. The topological polar surface area (TPSA) is 52.7 Å². The summed E-state index contributed by atoms with van der Waals surface area (Å²) in [5.74, 6) is -0.0282. The average Bonchev–Trinajstić information content (AvgIpc) is 3.09. The monoisotopic (exact) mass is 383 g/mol. The summed E-state index contributed by atoms with van der Waals surface area (Å²) < 4.78 is -0.935. The largest absolute Gasteiger partial charge is 0.340 e. The van der Waals surface area contributed by atoms with Crippen molar-refractivity contribution >= 4 is 40.7 Å². The van der Waals surface area contributed by atoms with Gasteiger partial charge in [-0.05, 0) is 32.4 Å². The number of carbonyl (C=O) groups is 2. The lowest BCUT2D eigenvalue weighted by atomic mass is 10.1. The van der Waals surface area contributed by atoms with Crippen molar-refractivity contribution in [2.75, 3.05) is 38.0 Å². The Balaban J connectivity index is 1.45. The molecular weight excluding hydrogens is 361 g/mol. The first kappa shape index (κ1) is 18.5. The van der Waals surface area contributed by atoms with E-state index in [1.165, 1.54) is 0 Å². The second-order valence-electron chi connectivity index (χ2n) is 7.20. The van der Waals surface area contributed by atoms with Gasteiger partial charge >= 0.3 is 0 Å². The highest BCUT2D eigenvalue weighted by atomic mass is 35.5. The Labute approximate surface area is 158 Å². The zero-order valence-electron chi connectivity index (χ0n) is 14.5. The summed E-state index contributed by atoms with van der Waals surface area (Å²) in [7, 11) is 0. The van der Waals surface area contributed by atoms with E-state index in [0.717, 1.165) is 11.3 Å². The maximum Gasteiger partial charge on any atom is 0.238 e. The number of anilines is 1. The summed E-state index contributed by atoms with van der Waals surface area (Å²) in [5.41, 5.74) is 1.29. The standard InChI is InChI=1S/C18H23Cl2N3O2/c1-13-3-5-14(6-4-13)21-15(24)11-22-7-9-23(10-8-22)16(25)17(2)12-18(17,19)20/h3-6H,7-12H2,1-2H3,(H,21,24). The summed E-state index contributed by atoms with van der Waals surface area (Å²) in [6.45, 7) is 6.67. The van der Waals surface area contributed by atoms with Crippen LogP contribution < -0.4 is 5.32 Å². The van der Waals surface area contributed by atoms with Crippen LogP contribution in [0.15, 0.2) is 24.3 Å². The fraction of sp³-hybridized carbons (Fsp3) is 0.556. The van der Waals surface area contributed by atoms with Crippen LogP contribution in [0.1, 0.15) is 18.9 Å². The highest BCUT2D eigenvalue weighted by Crippen LogP contribution is 2.64. The number of nitrogens with zero attached hydrogens (tertiary/aromatic N) is 2. The molecule has 1 aromatic carbocycles. The SMILES string of the molecule is Cc1ccc(NC(=O)CN2CCN(C(=O)C3(C)CC3(Cl)Cl)CC2)cc1. The number of aryl methyl sites for hydroxylation is 1. The second kappa shape index (κ2) is 6.78. The Kier molecular flexibility index (Phi) is 5.02. The number of benzene rings is 1. The van der Waals surface area contributed by atoms with Crippen LogP contribution in [-0.4, -0.2) is 58.7 Å². The molecule has 7 heteroatoms. The van der Waals surface area contributed by atoms with Gasteiger partial charge in [-0.2, -0.15) is 0 Å². The maximum absolute atomic E-state index is 12.6. The van der Waals surface area contributed by atoms with Crippen LogP contribution in [0.4, 0.5) is 5.69 Å². The van der Waals surface area contributed by atoms with E-state index in [1.807, 2.05) is 38.1 Å². The average molecular weight is 384 g/mol. The van der Waals surface area contributed by atoms with Gasteiger partial charge in [-0.3, -0.25) is 14.5 Å². The summed E-state index contributed by atoms with van der Waals surface area (Å²) in [6, 6.07) is 7.72. The molecule has 0 bridgehead atoms. The van der Waals surface area contributed by atoms with Gasteiger partial charge in [-0.15, -0.1) is 23.2 Å². The van der Waals surface area contributed by atoms with Gasteiger partial charge in [0.25, 0.3) is 0 Å². The third kappa shape index (κ3) is 3.94. The van der Waals surface area contributed by atoms with E-state index in [-0.39, 0.29) is 11.8 Å². The van der Waals surface area contributed by atoms with Crippen molar-refractivity contribution < 1.29 is 9.59 Å². The van der Waals surface area contributed by atoms with Crippen LogP contribution in [0.2, 0.25) is 0 Å². The van der Waals surface area contributed by atoms with Crippen molar-refractivity contribution in [2.24, 2.45) is 5.41 Å². The van der Waals surface area contributed by atoms with E-state index >= 15 is 0 Å². The Bertz CT molecular complexity index is 669. The summed E-state index contributed by atoms with van der Waals surface area (Å²) in [5, 5.41) is 2.90. The summed E-state index contributed by atoms with van der Waals surface area (Å²) in [4.78, 5) is 28.6. The van der Waals surface area contributed by atoms with Gasteiger partial charge in [-0.1, -0.05) is 17.7 Å². The number of hydrogen-bond acceptors (Lipinski definition) is 3. The molecule has 1 atom stereocenters. The molecule has 1 aliphatic carbocycles. The molecule has 0 aromatic heterocycles. The first-order valence-corrected chi connectivity index (χ1v) is 9.23. The fourth-order valence-electron chi connectivity index (χ4n) is 3.13. The fourth-order valence-corrected chi connectivity index (χ4v) is 3.83. The van der Waals surface area contributed by atoms with Crippen molar-refractivity contribution in [3.05, 3.63) is 29.8 Å². The highest BCUT2D eigenvalue weighted by Gasteiger charge is 2.68. The van der Waals surface area contributed by atoms with E-state index in [2.05, 4.69) is 10.2 Å². The number of piperazine rings is 1. The van der Waals surface area contributed by atoms with E-state index in [1.54, 1.807) is 4.90 Å². The zero-order chi connectivity index (χ0) is 18.2. The van der Waals surface area contributed by atoms with Crippen LogP contribution in [-0.2, 0) is 9.59 Å². The Hall–Kier alpha value is -1.30. The van der Waals surface area contributed by atoms with Crippen molar-refractivity contribution in [1.82, 2.24) is 9.80 Å². The van der Waals surface area contributed by atoms with Crippen molar-refractivity contribution in [3.8, 4) is 0 Å². The van der Waals surface area contributed by atoms with Crippen LogP contribution >= 0.6 is 23.2 Å². The Morgan fingerprint density at radius 1 is 1.12 bits per heavy atom. The molecule has 1 saturated heterocycles. The predicted octanol–water partition coefficient (Wildman–Crippen LogP) is 2.66. The number of alkyl halides is 2. The molecule has 1 heterocycles. The Morgan fingerprint density at radius 2 is 1.68 bits per heavy atom. The van der Waals surface area contributed by atoms with E-state index in [9.17, 15) is 9.59 Å². The molecule has 2 aliphatic rings. The molecule has 0 spiro atoms. The van der Waals surface area contributed by atoms with Gasteiger partial charge in [0.2, 0.25) is 11.8 Å². The molecule has 2 fully saturated rings. The lowest BCUT2D eigenvalue weighted by Crippen LogP contribution is -2.52. The number of rotatable bonds is 4. The van der Waals surface area contributed by atoms with Gasteiger partial charge in [0, 0.05) is 31.9 Å². The lowest BCUT2D eigenvalue weighted by molar-refractivity contribution is -0.138. The van der Waals surface area contributed by atoms with Crippen LogP contribution in [0.3, 0.4) is 0 Å². The molecule has 1 aliphatic heterocycles. The van der Waals surface area contributed by atoms with E-state index in [4.69, 9.17) is 23.2 Å². The first-order valence-electron chi connectivity index (χ1n) is 8.47. The quantitative estimate of drug-likeness (QED) is 0.813. The molecule has 25 heavy (non-hydrogen) atoms. The van der Waals surface area contributed by atoms with Gasteiger partial charge < -0.3 is 10.2 Å². The minimum absolute atomic E-state index is 0.0151. The molecule has 2 amide bonds. The maximum atomic E-state index is 12.6. The summed E-state index contributed by atoms with van der Waals surface area (Å²) in [6.07, 6.45) is 0.501. The molecule has 1 aromatic rings. The molecular formula is C18H23Cl2N3O2. The minimum atomic E-state index is -0.935. The van der Waals surface area contributed by atoms with Gasteiger partial charge in [0.1, 0.15) is 4.33 Å². The molecule has 1 saturated carbocycles. The first-order chi connectivity index (χ1) is 11.7. The van der Waals surface area contributed by atoms with Gasteiger partial charge in [0.05, 0.1) is 12.0 Å². The number of hydrogen-bond donors (Lipinski definition) is 1. The lowest BCUT2D eigenvalue weighted by Gasteiger charge is -2.36. The highest BCUT2D eigenvalue weighted by molar-refractivity contribution is 6.53. The van der Waals surface area contributed by atoms with E-state index < -0.39 is 9.75 Å². The van der Waals surface area contributed by atoms with Crippen molar-refractivity contribution in [3.63, 3.8) is 0 Å². The van der Waals surface area contributed by atoms with Crippen molar-refractivity contribution in [2.45, 2.75) is 24.6 Å². The molecule has 136 valence electrons. The molecule has 3 rings (SSSR count). The summed E-state index contributed by atoms with van der Waals surface area (Å²) >= 11 is 12.2. The normalized spacial score (nSPS) is 25.5. The molecule has 1 unspecified atom stereocenters. The number of nitrogens with one attached hydrogen (secondary N) is 1. The smallest absolute Gasteiger partial charge is 0.238 e. The van der Waals surface area contributed by atoms with Crippen LogP contribution in [0.25, 0.3) is 0 Å². The Morgan fingerprint density at radius 3 is 2.20 bits per heavy atom. The van der Waals surface area contributed by atoms with Crippen LogP contribution in [0.5, 0.6) is 0 Å². The molecule has 5 nitrogen and oxygen atoms in total. The third-order valence-electron chi connectivity index (χ3n) is 5.09.